The highest BCUT2D eigenvalue weighted by Crippen LogP contribution is 2.48. The molecule has 84 heavy (non-hydrogen) atoms. The van der Waals surface area contributed by atoms with Crippen molar-refractivity contribution in [2.24, 2.45) is 11.8 Å². The number of ketones is 1. The molecule has 0 aliphatic carbocycles. The zero-order valence-electron chi connectivity index (χ0n) is 57.9. The molecule has 14 heteroatoms. The third kappa shape index (κ3) is 19.7. The highest BCUT2D eigenvalue weighted by molar-refractivity contribution is 6.99. The molecule has 1 aliphatic heterocycles. The second-order valence-electron chi connectivity index (χ2n) is 31.8. The lowest BCUT2D eigenvalue weighted by Gasteiger charge is -2.52. The van der Waals surface area contributed by atoms with Crippen molar-refractivity contribution in [1.29, 1.82) is 0 Å². The van der Waals surface area contributed by atoms with Gasteiger partial charge in [-0.2, -0.15) is 0 Å². The SMILES string of the molecule is C=C[C@H]1[C@H](C[C@H](COCc2ccccc2)O[Si](C)(C)C(C)(C)C)O[C@@](C[C@H](CCCC(=O)C[C@@H](O[Si](C)(C)C(C)(C)C)[C@H](CC)CO[Si](c2ccccc2)(c2ccccc2)C(C)(C)C)O[Si](C)(C)C(C)(C)C)(OC)C[C@@H]1O[Si](C)(C)C(C)(C)C. The highest BCUT2D eigenvalue weighted by Gasteiger charge is 2.54. The molecule has 0 N–H and O–H groups in total. The Morgan fingerprint density at radius 1 is 0.643 bits per heavy atom. The van der Waals surface area contributed by atoms with Crippen LogP contribution >= 0.6 is 0 Å². The third-order valence-corrected chi connectivity index (χ3v) is 43.3. The monoisotopic (exact) mass is 1250 g/mol. The van der Waals surface area contributed by atoms with Crippen molar-refractivity contribution in [2.75, 3.05) is 20.3 Å². The van der Waals surface area contributed by atoms with E-state index in [-0.39, 0.29) is 73.3 Å². The Kier molecular flexibility index (Phi) is 26.2. The quantitative estimate of drug-likeness (QED) is 0.0461. The number of hydrogen-bond donors (Lipinski definition) is 0. The Bertz CT molecular complexity index is 2410. The van der Waals surface area contributed by atoms with Gasteiger partial charge in [-0.05, 0) is 113 Å². The summed E-state index contributed by atoms with van der Waals surface area (Å²) < 4.78 is 58.4. The molecular weight excluding hydrogens is 1130 g/mol. The van der Waals surface area contributed by atoms with Crippen LogP contribution in [0.15, 0.2) is 104 Å². The van der Waals surface area contributed by atoms with Gasteiger partial charge in [0.05, 0.1) is 43.7 Å². The first-order valence-electron chi connectivity index (χ1n) is 32.0. The molecule has 1 fully saturated rings. The van der Waals surface area contributed by atoms with E-state index in [1.54, 1.807) is 7.11 Å². The van der Waals surface area contributed by atoms with Gasteiger partial charge in [0.1, 0.15) is 5.78 Å². The van der Waals surface area contributed by atoms with Crippen LogP contribution in [0.3, 0.4) is 0 Å². The van der Waals surface area contributed by atoms with Crippen molar-refractivity contribution < 1.29 is 41.1 Å². The maximum Gasteiger partial charge on any atom is 0.261 e. The standard InChI is InChI=1S/C70H122O9Si5/c1-27-55(52-74-84(69(15,16)17,59-43-34-30-35-44-59)60-45-36-31-37-46-60)62(78-82(23,24)67(9,10)11)47-56(71)41-38-42-57(76-80(19,20)65(3,4)5)49-70(72-18)50-64(79-83(25,26)68(12,13)14)61(28-2)63(75-70)48-58(77-81(21,22)66(6,7)8)53-73-51-54-39-32-29-33-40-54/h28-37,39-40,43-46,55,57-58,61-64H,2,27,38,41-42,47-53H2,1,3-26H3/t55-,57+,58-,61+,62-,63+,64+,70-/m1/s1. The van der Waals surface area contributed by atoms with Gasteiger partial charge in [-0.25, -0.2) is 0 Å². The van der Waals surface area contributed by atoms with Crippen molar-refractivity contribution in [3.8, 4) is 0 Å². The van der Waals surface area contributed by atoms with Gasteiger partial charge in [0.25, 0.3) is 8.32 Å². The van der Waals surface area contributed by atoms with Crippen LogP contribution in [0.5, 0.6) is 0 Å². The summed E-state index contributed by atoms with van der Waals surface area (Å²) >= 11 is 0. The van der Waals surface area contributed by atoms with Crippen LogP contribution in [-0.2, 0) is 47.7 Å². The largest absolute Gasteiger partial charge is 0.414 e. The van der Waals surface area contributed by atoms with Gasteiger partial charge in [0.15, 0.2) is 39.1 Å². The summed E-state index contributed by atoms with van der Waals surface area (Å²) in [4.78, 5) is 14.9. The van der Waals surface area contributed by atoms with E-state index in [0.29, 0.717) is 64.8 Å². The van der Waals surface area contributed by atoms with E-state index >= 15 is 0 Å². The average Bonchev–Trinajstić information content (AvgIpc) is 0.971. The molecule has 1 heterocycles. The average molecular weight is 1250 g/mol. The predicted molar refractivity (Wildman–Crippen MR) is 367 cm³/mol. The number of Topliss-reactive ketones (excluding diaryl/α,β-unsaturated/α-hetero) is 1. The highest BCUT2D eigenvalue weighted by atomic mass is 28.4. The number of benzene rings is 3. The van der Waals surface area contributed by atoms with E-state index < -0.39 is 47.4 Å². The van der Waals surface area contributed by atoms with E-state index in [4.69, 9.17) is 36.3 Å². The summed E-state index contributed by atoms with van der Waals surface area (Å²) in [6, 6.07) is 32.1. The molecule has 3 aromatic rings. The summed E-state index contributed by atoms with van der Waals surface area (Å²) in [7, 11) is -10.4. The van der Waals surface area contributed by atoms with E-state index in [1.807, 2.05) is 6.07 Å². The lowest BCUT2D eigenvalue weighted by Crippen LogP contribution is -2.67. The van der Waals surface area contributed by atoms with Crippen molar-refractivity contribution in [2.45, 2.75) is 283 Å². The third-order valence-electron chi connectivity index (χ3n) is 20.3. The molecule has 476 valence electrons. The van der Waals surface area contributed by atoms with Gasteiger partial charge in [0, 0.05) is 57.7 Å². The fourth-order valence-electron chi connectivity index (χ4n) is 10.8. The molecule has 1 saturated heterocycles. The Labute approximate surface area is 519 Å². The zero-order chi connectivity index (χ0) is 63.6. The summed E-state index contributed by atoms with van der Waals surface area (Å²) in [5, 5.41) is 2.14. The first-order valence-corrected chi connectivity index (χ1v) is 45.5. The van der Waals surface area contributed by atoms with Gasteiger partial charge < -0.3 is 36.3 Å². The van der Waals surface area contributed by atoms with Gasteiger partial charge in [-0.15, -0.1) is 6.58 Å². The van der Waals surface area contributed by atoms with Crippen LogP contribution in [-0.4, -0.2) is 104 Å². The first kappa shape index (κ1) is 74.3. The molecule has 0 bridgehead atoms. The van der Waals surface area contributed by atoms with Crippen molar-refractivity contribution in [3.05, 3.63) is 109 Å². The van der Waals surface area contributed by atoms with Crippen LogP contribution in [0.1, 0.15) is 168 Å². The smallest absolute Gasteiger partial charge is 0.261 e. The van der Waals surface area contributed by atoms with Crippen LogP contribution in [0, 0.1) is 11.8 Å². The van der Waals surface area contributed by atoms with Crippen LogP contribution in [0.2, 0.25) is 77.6 Å². The van der Waals surface area contributed by atoms with Crippen molar-refractivity contribution >= 4 is 57.7 Å². The Morgan fingerprint density at radius 2 is 1.11 bits per heavy atom. The molecule has 4 rings (SSSR count). The van der Waals surface area contributed by atoms with Gasteiger partial charge >= 0.3 is 0 Å². The molecule has 0 saturated carbocycles. The minimum absolute atomic E-state index is 0.000488. The number of ether oxygens (including phenoxy) is 3. The molecule has 0 unspecified atom stereocenters. The predicted octanol–water partition coefficient (Wildman–Crippen LogP) is 18.2. The molecule has 0 amide bonds. The van der Waals surface area contributed by atoms with Gasteiger partial charge in [-0.3, -0.25) is 4.79 Å². The number of hydrogen-bond acceptors (Lipinski definition) is 9. The lowest BCUT2D eigenvalue weighted by atomic mass is 9.83. The summed E-state index contributed by atoms with van der Waals surface area (Å²) in [5.74, 6) is -0.993. The second kappa shape index (κ2) is 29.6. The number of methoxy groups -OCH3 is 1. The molecule has 0 aromatic heterocycles. The maximum absolute atomic E-state index is 14.9. The number of carbonyl (C=O) groups is 1. The Morgan fingerprint density at radius 3 is 1.55 bits per heavy atom. The molecular formula is C70H122O9Si5. The van der Waals surface area contributed by atoms with Crippen molar-refractivity contribution in [1.82, 2.24) is 0 Å². The minimum atomic E-state index is -2.86. The Hall–Kier alpha value is -2.17. The zero-order valence-corrected chi connectivity index (χ0v) is 62.9. The maximum atomic E-state index is 14.9. The normalized spacial score (nSPS) is 20.8. The van der Waals surface area contributed by atoms with Crippen LogP contribution < -0.4 is 10.4 Å². The van der Waals surface area contributed by atoms with Gasteiger partial charge in [0.2, 0.25) is 0 Å². The van der Waals surface area contributed by atoms with E-state index in [1.165, 1.54) is 10.4 Å². The van der Waals surface area contributed by atoms with E-state index in [9.17, 15) is 4.79 Å². The molecule has 1 aliphatic rings. The fourth-order valence-corrected chi connectivity index (χ4v) is 20.9. The topological polar surface area (TPSA) is 90.9 Å². The van der Waals surface area contributed by atoms with Gasteiger partial charge in [-0.1, -0.05) is 208 Å². The summed E-state index contributed by atoms with van der Waals surface area (Å²) in [5.41, 5.74) is 1.12. The van der Waals surface area contributed by atoms with E-state index in [0.717, 1.165) is 12.0 Å². The molecule has 0 radical (unpaired) electrons. The second-order valence-corrected chi connectivity index (χ2v) is 55.2. The van der Waals surface area contributed by atoms with E-state index in [2.05, 4.69) is 261 Å². The molecule has 8 atom stereocenters. The first-order chi connectivity index (χ1) is 38.5. The Balaban J connectivity index is 1.74. The number of carbonyl (C=O) groups excluding carboxylic acids is 1. The summed E-state index contributed by atoms with van der Waals surface area (Å²) in [6.45, 7) is 61.2. The van der Waals surface area contributed by atoms with Crippen molar-refractivity contribution in [3.63, 3.8) is 0 Å². The fraction of sp³-hybridized carbons (Fsp3) is 0.700. The number of rotatable bonds is 31. The molecule has 3 aromatic carbocycles. The minimum Gasteiger partial charge on any atom is -0.414 e. The van der Waals surface area contributed by atoms with Crippen LogP contribution in [0.25, 0.3) is 0 Å². The lowest BCUT2D eigenvalue weighted by molar-refractivity contribution is -0.306. The molecule has 9 nitrogen and oxygen atoms in total. The van der Waals surface area contributed by atoms with Crippen LogP contribution in [0.4, 0.5) is 0 Å². The molecule has 0 spiro atoms. The summed E-state index contributed by atoms with van der Waals surface area (Å²) in [6.07, 6.45) is 5.10.